The van der Waals surface area contributed by atoms with Crippen molar-refractivity contribution in [3.63, 3.8) is 0 Å². The Balaban J connectivity index is 1.59. The van der Waals surface area contributed by atoms with Gasteiger partial charge in [0, 0.05) is 36.0 Å². The monoisotopic (exact) mass is 560 g/mol. The number of alkyl halides is 3. The summed E-state index contributed by atoms with van der Waals surface area (Å²) in [4.78, 5) is 2.77. The van der Waals surface area contributed by atoms with E-state index < -0.39 is 21.8 Å². The molecule has 0 spiro atoms. The molecule has 3 aromatic rings. The smallest absolute Gasteiger partial charge is 0.376 e. The van der Waals surface area contributed by atoms with E-state index in [1.54, 1.807) is 29.6 Å². The zero-order valence-corrected chi connectivity index (χ0v) is 21.6. The van der Waals surface area contributed by atoms with Gasteiger partial charge in [-0.1, -0.05) is 18.2 Å². The molecule has 2 atom stereocenters. The molecule has 2 aromatic carbocycles. The highest BCUT2D eigenvalue weighted by Gasteiger charge is 2.51. The summed E-state index contributed by atoms with van der Waals surface area (Å²) in [6, 6.07) is 14.4. The van der Waals surface area contributed by atoms with Crippen molar-refractivity contribution >= 4 is 38.8 Å². The first-order valence-corrected chi connectivity index (χ1v) is 14.3. The van der Waals surface area contributed by atoms with Crippen molar-refractivity contribution in [1.29, 1.82) is 0 Å². The molecule has 1 N–H and O–H groups in total. The Bertz CT molecular complexity index is 1260. The Kier molecular flexibility index (Phi) is 7.73. The molecule has 0 saturated carbocycles. The van der Waals surface area contributed by atoms with Gasteiger partial charge < -0.3 is 10.0 Å². The number of thioether (sulfide) groups is 1. The summed E-state index contributed by atoms with van der Waals surface area (Å²) in [5.41, 5.74) is -2.65. The molecule has 0 aliphatic carbocycles. The van der Waals surface area contributed by atoms with Crippen LogP contribution in [0.5, 0.6) is 0 Å². The van der Waals surface area contributed by atoms with Crippen molar-refractivity contribution in [2.45, 2.75) is 33.8 Å². The van der Waals surface area contributed by atoms with Crippen LogP contribution in [0.4, 0.5) is 23.2 Å². The second-order valence-electron chi connectivity index (χ2n) is 8.52. The first kappa shape index (κ1) is 26.9. The number of hydrogen-bond acceptors (Lipinski definition) is 6. The van der Waals surface area contributed by atoms with Gasteiger partial charge in [-0.2, -0.15) is 17.5 Å². The maximum Gasteiger partial charge on any atom is 0.421 e. The number of piperazine rings is 1. The fourth-order valence-electron chi connectivity index (χ4n) is 3.93. The zero-order chi connectivity index (χ0) is 26.1. The molecule has 194 valence electrons. The van der Waals surface area contributed by atoms with Crippen molar-refractivity contribution in [3.05, 3.63) is 77.4 Å². The molecular formula is C24H24F4N2O3S3. The molecule has 1 aliphatic rings. The van der Waals surface area contributed by atoms with Gasteiger partial charge in [0.1, 0.15) is 10.0 Å². The van der Waals surface area contributed by atoms with Gasteiger partial charge in [0.15, 0.2) is 5.60 Å². The van der Waals surface area contributed by atoms with E-state index in [4.69, 9.17) is 0 Å². The number of aliphatic hydroxyl groups is 1. The van der Waals surface area contributed by atoms with Gasteiger partial charge in [-0.15, -0.1) is 23.1 Å². The van der Waals surface area contributed by atoms with Gasteiger partial charge >= 0.3 is 6.18 Å². The predicted octanol–water partition coefficient (Wildman–Crippen LogP) is 5.33. The highest BCUT2D eigenvalue weighted by molar-refractivity contribution is 7.99. The van der Waals surface area contributed by atoms with Crippen molar-refractivity contribution in [3.8, 4) is 0 Å². The SMILES string of the molecule is CC(O)(c1ccc(N2CCN(S(=O)(=O)c3cccs3)CC2CSc2ccc(F)cc2)cc1)C(F)(F)F. The minimum Gasteiger partial charge on any atom is -0.376 e. The van der Waals surface area contributed by atoms with Gasteiger partial charge in [0.05, 0.1) is 6.04 Å². The molecule has 2 heterocycles. The number of rotatable bonds is 7. The molecule has 1 aliphatic heterocycles. The first-order chi connectivity index (χ1) is 16.9. The second-order valence-corrected chi connectivity index (χ2v) is 12.7. The maximum absolute atomic E-state index is 13.3. The molecule has 36 heavy (non-hydrogen) atoms. The van der Waals surface area contributed by atoms with Crippen LogP contribution in [-0.2, 0) is 15.6 Å². The Morgan fingerprint density at radius 3 is 2.31 bits per heavy atom. The van der Waals surface area contributed by atoms with Crippen LogP contribution in [-0.4, -0.2) is 55.4 Å². The molecule has 1 aromatic heterocycles. The molecule has 1 saturated heterocycles. The molecule has 0 radical (unpaired) electrons. The van der Waals surface area contributed by atoms with E-state index in [0.29, 0.717) is 24.9 Å². The van der Waals surface area contributed by atoms with Crippen LogP contribution in [0.25, 0.3) is 0 Å². The van der Waals surface area contributed by atoms with Gasteiger partial charge in [0.2, 0.25) is 0 Å². The first-order valence-electron chi connectivity index (χ1n) is 11.0. The highest BCUT2D eigenvalue weighted by Crippen LogP contribution is 2.39. The van der Waals surface area contributed by atoms with E-state index in [1.807, 2.05) is 4.90 Å². The summed E-state index contributed by atoms with van der Waals surface area (Å²) in [6.45, 7) is 1.42. The molecule has 4 rings (SSSR count). The van der Waals surface area contributed by atoms with Crippen molar-refractivity contribution in [1.82, 2.24) is 4.31 Å². The van der Waals surface area contributed by atoms with Crippen LogP contribution in [0.15, 0.2) is 75.1 Å². The highest BCUT2D eigenvalue weighted by atomic mass is 32.2. The third-order valence-corrected chi connectivity index (χ3v) is 10.5. The summed E-state index contributed by atoms with van der Waals surface area (Å²) < 4.78 is 81.0. The summed E-state index contributed by atoms with van der Waals surface area (Å²) in [6.07, 6.45) is -4.83. The lowest BCUT2D eigenvalue weighted by Gasteiger charge is -2.42. The number of anilines is 1. The molecule has 0 amide bonds. The molecule has 2 unspecified atom stereocenters. The number of benzene rings is 2. The lowest BCUT2D eigenvalue weighted by Crippen LogP contribution is -2.55. The van der Waals surface area contributed by atoms with E-state index in [2.05, 4.69) is 0 Å². The van der Waals surface area contributed by atoms with Crippen LogP contribution < -0.4 is 4.90 Å². The van der Waals surface area contributed by atoms with Gasteiger partial charge in [-0.3, -0.25) is 0 Å². The number of hydrogen-bond donors (Lipinski definition) is 1. The average Bonchev–Trinajstić information content (AvgIpc) is 3.39. The molecule has 1 fully saturated rings. The van der Waals surface area contributed by atoms with E-state index in [-0.39, 0.29) is 34.7 Å². The average molecular weight is 561 g/mol. The Hall–Kier alpha value is -2.12. The van der Waals surface area contributed by atoms with Crippen LogP contribution in [0.3, 0.4) is 0 Å². The molecule has 0 bridgehead atoms. The van der Waals surface area contributed by atoms with Crippen molar-refractivity contribution in [2.75, 3.05) is 30.3 Å². The molecule has 12 heteroatoms. The maximum atomic E-state index is 13.3. The standard InChI is InChI=1S/C24H24F4N2O3S3/c1-23(31,24(26,27)28)17-4-8-19(9-5-17)30-13-12-29(36(32,33)22-3-2-14-34-22)15-20(30)16-35-21-10-6-18(25)7-11-21/h2-11,14,20,31H,12-13,15-16H2,1H3. The summed E-state index contributed by atoms with van der Waals surface area (Å²) in [7, 11) is -3.68. The van der Waals surface area contributed by atoms with Crippen LogP contribution >= 0.6 is 23.1 Å². The number of halogens is 4. The third-order valence-electron chi connectivity index (χ3n) is 6.10. The lowest BCUT2D eigenvalue weighted by atomic mass is 9.95. The van der Waals surface area contributed by atoms with Crippen LogP contribution in [0.2, 0.25) is 0 Å². The van der Waals surface area contributed by atoms with E-state index in [1.165, 1.54) is 52.5 Å². The third kappa shape index (κ3) is 5.57. The fraction of sp³-hybridized carbons (Fsp3) is 0.333. The van der Waals surface area contributed by atoms with E-state index in [0.717, 1.165) is 16.2 Å². The molecule has 5 nitrogen and oxygen atoms in total. The van der Waals surface area contributed by atoms with Gasteiger partial charge in [-0.25, -0.2) is 12.8 Å². The van der Waals surface area contributed by atoms with E-state index in [9.17, 15) is 31.1 Å². The van der Waals surface area contributed by atoms with E-state index >= 15 is 0 Å². The number of nitrogens with zero attached hydrogens (tertiary/aromatic N) is 2. The van der Waals surface area contributed by atoms with Crippen LogP contribution in [0, 0.1) is 5.82 Å². The van der Waals surface area contributed by atoms with Crippen molar-refractivity contribution in [2.24, 2.45) is 0 Å². The lowest BCUT2D eigenvalue weighted by molar-refractivity contribution is -0.258. The molecular weight excluding hydrogens is 536 g/mol. The minimum atomic E-state index is -4.83. The second kappa shape index (κ2) is 10.3. The summed E-state index contributed by atoms with van der Waals surface area (Å²) in [5.74, 6) is 0.103. The zero-order valence-electron chi connectivity index (χ0n) is 19.2. The predicted molar refractivity (Wildman–Crippen MR) is 133 cm³/mol. The quantitative estimate of drug-likeness (QED) is 0.313. The largest absolute Gasteiger partial charge is 0.421 e. The topological polar surface area (TPSA) is 60.9 Å². The Morgan fingerprint density at radius 1 is 1.06 bits per heavy atom. The Labute approximate surface area is 215 Å². The fourth-order valence-corrected chi connectivity index (χ4v) is 7.54. The van der Waals surface area contributed by atoms with Crippen molar-refractivity contribution < 1.29 is 31.1 Å². The van der Waals surface area contributed by atoms with Crippen LogP contribution in [0.1, 0.15) is 12.5 Å². The Morgan fingerprint density at radius 2 is 1.72 bits per heavy atom. The number of sulfonamides is 1. The van der Waals surface area contributed by atoms with Gasteiger partial charge in [0.25, 0.3) is 10.0 Å². The van der Waals surface area contributed by atoms with Gasteiger partial charge in [-0.05, 0) is 60.3 Å². The normalized spacial score (nSPS) is 19.3. The summed E-state index contributed by atoms with van der Waals surface area (Å²) in [5, 5.41) is 11.7. The minimum absolute atomic E-state index is 0.177. The number of thiophene rings is 1. The summed E-state index contributed by atoms with van der Waals surface area (Å²) >= 11 is 2.58.